The molecule has 0 bridgehead atoms. The molecule has 0 saturated heterocycles. The molecule has 0 atom stereocenters. The van der Waals surface area contributed by atoms with Crippen LogP contribution in [-0.2, 0) is 6.54 Å². The number of hydrogen-bond donors (Lipinski definition) is 2. The Hall–Kier alpha value is -4.00. The Morgan fingerprint density at radius 2 is 1.46 bits per heavy atom. The van der Waals surface area contributed by atoms with Crippen LogP contribution in [0.15, 0.2) is 78.9 Å². The van der Waals surface area contributed by atoms with Crippen molar-refractivity contribution in [2.75, 3.05) is 5.32 Å². The summed E-state index contributed by atoms with van der Waals surface area (Å²) in [5.41, 5.74) is 1.93. The number of para-hydroxylation sites is 1. The predicted octanol–water partition coefficient (Wildman–Crippen LogP) is 3.78. The van der Waals surface area contributed by atoms with E-state index in [4.69, 9.17) is 0 Å². The second kappa shape index (κ2) is 8.59. The quantitative estimate of drug-likeness (QED) is 0.506. The summed E-state index contributed by atoms with van der Waals surface area (Å²) < 4.78 is 0. The van der Waals surface area contributed by atoms with E-state index in [9.17, 15) is 19.7 Å². The number of anilines is 1. The zero-order valence-corrected chi connectivity index (χ0v) is 14.8. The highest BCUT2D eigenvalue weighted by molar-refractivity contribution is 6.08. The summed E-state index contributed by atoms with van der Waals surface area (Å²) in [5, 5.41) is 16.2. The Morgan fingerprint density at radius 1 is 0.821 bits per heavy atom. The van der Waals surface area contributed by atoms with E-state index < -0.39 is 4.92 Å². The lowest BCUT2D eigenvalue weighted by Gasteiger charge is -2.11. The first-order valence-corrected chi connectivity index (χ1v) is 8.51. The summed E-state index contributed by atoms with van der Waals surface area (Å²) in [6, 6.07) is 21.4. The van der Waals surface area contributed by atoms with Gasteiger partial charge < -0.3 is 10.6 Å². The van der Waals surface area contributed by atoms with Crippen LogP contribution in [0, 0.1) is 10.1 Å². The van der Waals surface area contributed by atoms with E-state index in [1.807, 2.05) is 6.07 Å². The Balaban J connectivity index is 1.68. The van der Waals surface area contributed by atoms with Gasteiger partial charge in [0.2, 0.25) is 0 Å². The van der Waals surface area contributed by atoms with E-state index >= 15 is 0 Å². The second-order valence-corrected chi connectivity index (χ2v) is 5.97. The number of amides is 2. The molecule has 140 valence electrons. The molecular weight excluding hydrogens is 358 g/mol. The van der Waals surface area contributed by atoms with Crippen LogP contribution in [-0.4, -0.2) is 16.7 Å². The molecule has 28 heavy (non-hydrogen) atoms. The van der Waals surface area contributed by atoms with Crippen molar-refractivity contribution in [2.45, 2.75) is 6.54 Å². The first-order valence-electron chi connectivity index (χ1n) is 8.51. The van der Waals surface area contributed by atoms with E-state index in [1.54, 1.807) is 60.7 Å². The van der Waals surface area contributed by atoms with Gasteiger partial charge in [-0.05, 0) is 29.8 Å². The average molecular weight is 375 g/mol. The predicted molar refractivity (Wildman–Crippen MR) is 105 cm³/mol. The fraction of sp³-hybridized carbons (Fsp3) is 0.0476. The minimum Gasteiger partial charge on any atom is -0.348 e. The topological polar surface area (TPSA) is 101 Å². The molecule has 0 unspecified atom stereocenters. The number of rotatable bonds is 6. The van der Waals surface area contributed by atoms with Gasteiger partial charge in [-0.2, -0.15) is 0 Å². The zero-order valence-electron chi connectivity index (χ0n) is 14.8. The van der Waals surface area contributed by atoms with Crippen LogP contribution in [0.3, 0.4) is 0 Å². The fourth-order valence-corrected chi connectivity index (χ4v) is 2.59. The Kier molecular flexibility index (Phi) is 5.76. The highest BCUT2D eigenvalue weighted by atomic mass is 16.6. The van der Waals surface area contributed by atoms with E-state index in [2.05, 4.69) is 10.6 Å². The number of nitrogens with one attached hydrogen (secondary N) is 2. The smallest absolute Gasteiger partial charge is 0.269 e. The van der Waals surface area contributed by atoms with E-state index in [0.717, 1.165) is 5.56 Å². The Bertz CT molecular complexity index is 1000. The lowest BCUT2D eigenvalue weighted by atomic mass is 10.1. The monoisotopic (exact) mass is 375 g/mol. The van der Waals surface area contributed by atoms with Crippen molar-refractivity contribution in [3.8, 4) is 0 Å². The number of carbonyl (C=O) groups is 2. The van der Waals surface area contributed by atoms with Gasteiger partial charge >= 0.3 is 0 Å². The van der Waals surface area contributed by atoms with E-state index in [1.165, 1.54) is 12.1 Å². The number of nitro benzene ring substituents is 1. The van der Waals surface area contributed by atoms with Crippen LogP contribution in [0.25, 0.3) is 0 Å². The van der Waals surface area contributed by atoms with Gasteiger partial charge in [0.25, 0.3) is 17.5 Å². The molecule has 0 aliphatic rings. The van der Waals surface area contributed by atoms with E-state index in [0.29, 0.717) is 16.8 Å². The van der Waals surface area contributed by atoms with Gasteiger partial charge in [0.15, 0.2) is 0 Å². The van der Waals surface area contributed by atoms with Gasteiger partial charge in [0, 0.05) is 24.2 Å². The van der Waals surface area contributed by atoms with Gasteiger partial charge in [0.1, 0.15) is 0 Å². The molecule has 0 spiro atoms. The largest absolute Gasteiger partial charge is 0.348 e. The van der Waals surface area contributed by atoms with Crippen molar-refractivity contribution in [1.29, 1.82) is 0 Å². The van der Waals surface area contributed by atoms with Gasteiger partial charge in [-0.15, -0.1) is 0 Å². The minimum atomic E-state index is -0.478. The standard InChI is InChI=1S/C21H17N3O4/c25-20(16-6-2-1-3-7-16)23-19-9-5-4-8-18(19)21(26)22-14-15-10-12-17(13-11-15)24(27)28/h1-13H,14H2,(H,22,26)(H,23,25). The van der Waals surface area contributed by atoms with Crippen molar-refractivity contribution in [1.82, 2.24) is 5.32 Å². The van der Waals surface area contributed by atoms with Crippen LogP contribution in [0.4, 0.5) is 11.4 Å². The van der Waals surface area contributed by atoms with Crippen LogP contribution >= 0.6 is 0 Å². The lowest BCUT2D eigenvalue weighted by Crippen LogP contribution is -2.24. The zero-order chi connectivity index (χ0) is 19.9. The molecule has 0 aliphatic heterocycles. The molecule has 0 heterocycles. The first-order chi connectivity index (χ1) is 13.5. The second-order valence-electron chi connectivity index (χ2n) is 5.97. The summed E-state index contributed by atoms with van der Waals surface area (Å²) in [6.45, 7) is 0.206. The first kappa shape index (κ1) is 18.8. The normalized spacial score (nSPS) is 10.1. The highest BCUT2D eigenvalue weighted by Gasteiger charge is 2.14. The lowest BCUT2D eigenvalue weighted by molar-refractivity contribution is -0.384. The molecule has 3 aromatic carbocycles. The maximum atomic E-state index is 12.6. The Morgan fingerprint density at radius 3 is 2.14 bits per heavy atom. The number of benzene rings is 3. The van der Waals surface area contributed by atoms with Crippen molar-refractivity contribution >= 4 is 23.2 Å². The molecule has 3 rings (SSSR count). The van der Waals surface area contributed by atoms with Gasteiger partial charge in [0.05, 0.1) is 16.2 Å². The van der Waals surface area contributed by atoms with Crippen molar-refractivity contribution < 1.29 is 14.5 Å². The molecule has 2 amide bonds. The van der Waals surface area contributed by atoms with Crippen LogP contribution in [0.2, 0.25) is 0 Å². The van der Waals surface area contributed by atoms with E-state index in [-0.39, 0.29) is 24.0 Å². The molecule has 0 fully saturated rings. The number of carbonyl (C=O) groups excluding carboxylic acids is 2. The molecule has 0 aromatic heterocycles. The maximum absolute atomic E-state index is 12.6. The summed E-state index contributed by atoms with van der Waals surface area (Å²) in [6.07, 6.45) is 0. The average Bonchev–Trinajstić information content (AvgIpc) is 2.73. The van der Waals surface area contributed by atoms with Crippen molar-refractivity contribution in [3.63, 3.8) is 0 Å². The number of hydrogen-bond acceptors (Lipinski definition) is 4. The molecule has 0 aliphatic carbocycles. The summed E-state index contributed by atoms with van der Waals surface area (Å²) in [4.78, 5) is 35.1. The third-order valence-electron chi connectivity index (χ3n) is 4.06. The van der Waals surface area contributed by atoms with Gasteiger partial charge in [-0.25, -0.2) is 0 Å². The number of non-ortho nitro benzene ring substituents is 1. The van der Waals surface area contributed by atoms with Crippen LogP contribution in [0.1, 0.15) is 26.3 Å². The number of nitrogens with zero attached hydrogens (tertiary/aromatic N) is 1. The highest BCUT2D eigenvalue weighted by Crippen LogP contribution is 2.17. The molecular formula is C21H17N3O4. The molecule has 7 heteroatoms. The summed E-state index contributed by atoms with van der Waals surface area (Å²) >= 11 is 0. The maximum Gasteiger partial charge on any atom is 0.269 e. The van der Waals surface area contributed by atoms with Crippen LogP contribution in [0.5, 0.6) is 0 Å². The third-order valence-corrected chi connectivity index (χ3v) is 4.06. The van der Waals surface area contributed by atoms with Gasteiger partial charge in [-0.3, -0.25) is 19.7 Å². The Labute approximate surface area is 161 Å². The third kappa shape index (κ3) is 4.59. The van der Waals surface area contributed by atoms with Crippen molar-refractivity contribution in [3.05, 3.63) is 106 Å². The van der Waals surface area contributed by atoms with Gasteiger partial charge in [-0.1, -0.05) is 42.5 Å². The molecule has 0 radical (unpaired) electrons. The summed E-state index contributed by atoms with van der Waals surface area (Å²) in [5.74, 6) is -0.668. The van der Waals surface area contributed by atoms with Crippen LogP contribution < -0.4 is 10.6 Å². The molecule has 3 aromatic rings. The SMILES string of the molecule is O=C(Nc1ccccc1C(=O)NCc1ccc([N+](=O)[O-])cc1)c1ccccc1. The molecule has 0 saturated carbocycles. The van der Waals surface area contributed by atoms with Crippen molar-refractivity contribution in [2.24, 2.45) is 0 Å². The fourth-order valence-electron chi connectivity index (χ4n) is 2.59. The number of nitro groups is 1. The summed E-state index contributed by atoms with van der Waals surface area (Å²) in [7, 11) is 0. The minimum absolute atomic E-state index is 0.0101. The molecule has 7 nitrogen and oxygen atoms in total. The molecule has 2 N–H and O–H groups in total.